The molecule has 3 aromatic rings. The van der Waals surface area contributed by atoms with Gasteiger partial charge in [0.1, 0.15) is 18.2 Å². The van der Waals surface area contributed by atoms with Crippen LogP contribution in [-0.4, -0.2) is 25.5 Å². The number of aryl methyl sites for hydroxylation is 1. The number of aromatic nitrogens is 1. The lowest BCUT2D eigenvalue weighted by atomic mass is 10.1. The van der Waals surface area contributed by atoms with Crippen LogP contribution in [0.3, 0.4) is 0 Å². The van der Waals surface area contributed by atoms with Gasteiger partial charge in [0.05, 0.1) is 10.4 Å². The van der Waals surface area contributed by atoms with E-state index in [1.807, 2.05) is 0 Å². The summed E-state index contributed by atoms with van der Waals surface area (Å²) < 4.78 is 46.6. The summed E-state index contributed by atoms with van der Waals surface area (Å²) in [5, 5.41) is 4.06. The molecular weight excluding hydrogens is 343 g/mol. The Morgan fingerprint density at radius 2 is 2.04 bits per heavy atom. The SMILES string of the molecule is Cc1ccc(S(=O)(=O)n2ccc3c4c(ccc32)OCCNC4)cc1F. The maximum absolute atomic E-state index is 13.8. The van der Waals surface area contributed by atoms with E-state index in [0.717, 1.165) is 29.3 Å². The van der Waals surface area contributed by atoms with Gasteiger partial charge in [-0.2, -0.15) is 0 Å². The molecule has 0 fully saturated rings. The second kappa shape index (κ2) is 5.86. The van der Waals surface area contributed by atoms with Gasteiger partial charge < -0.3 is 10.1 Å². The van der Waals surface area contributed by atoms with Crippen LogP contribution in [0.15, 0.2) is 47.5 Å². The van der Waals surface area contributed by atoms with Gasteiger partial charge in [-0.05, 0) is 42.8 Å². The molecule has 7 heteroatoms. The summed E-state index contributed by atoms with van der Waals surface area (Å²) >= 11 is 0. The number of fused-ring (bicyclic) bond motifs is 3. The van der Waals surface area contributed by atoms with Crippen LogP contribution in [0.5, 0.6) is 5.75 Å². The largest absolute Gasteiger partial charge is 0.492 e. The predicted molar refractivity (Wildman–Crippen MR) is 92.9 cm³/mol. The molecule has 1 aromatic heterocycles. The van der Waals surface area contributed by atoms with Crippen LogP contribution in [0.1, 0.15) is 11.1 Å². The van der Waals surface area contributed by atoms with Crippen molar-refractivity contribution in [3.05, 3.63) is 59.5 Å². The summed E-state index contributed by atoms with van der Waals surface area (Å²) in [5.41, 5.74) is 1.89. The number of nitrogens with one attached hydrogen (secondary N) is 1. The minimum Gasteiger partial charge on any atom is -0.492 e. The normalized spacial score (nSPS) is 14.8. The lowest BCUT2D eigenvalue weighted by Crippen LogP contribution is -2.16. The minimum absolute atomic E-state index is 0.0718. The lowest BCUT2D eigenvalue weighted by molar-refractivity contribution is 0.326. The molecule has 2 heterocycles. The first-order valence-corrected chi connectivity index (χ1v) is 9.41. The van der Waals surface area contributed by atoms with Gasteiger partial charge in [0.25, 0.3) is 10.0 Å². The number of nitrogens with zero attached hydrogens (tertiary/aromatic N) is 1. The number of ether oxygens (including phenoxy) is 1. The minimum atomic E-state index is -3.88. The van der Waals surface area contributed by atoms with Crippen LogP contribution in [-0.2, 0) is 16.6 Å². The average molecular weight is 360 g/mol. The first kappa shape index (κ1) is 16.1. The lowest BCUT2D eigenvalue weighted by Gasteiger charge is -2.11. The van der Waals surface area contributed by atoms with Crippen molar-refractivity contribution in [2.75, 3.05) is 13.2 Å². The van der Waals surface area contributed by atoms with E-state index < -0.39 is 15.8 Å². The van der Waals surface area contributed by atoms with Crippen molar-refractivity contribution in [1.82, 2.24) is 9.29 Å². The third-order valence-electron chi connectivity index (χ3n) is 4.44. The summed E-state index contributed by atoms with van der Waals surface area (Å²) in [4.78, 5) is -0.0718. The molecule has 1 aliphatic heterocycles. The van der Waals surface area contributed by atoms with Gasteiger partial charge in [0, 0.05) is 30.2 Å². The van der Waals surface area contributed by atoms with E-state index in [0.29, 0.717) is 24.2 Å². The number of hydrogen-bond acceptors (Lipinski definition) is 4. The molecule has 1 N–H and O–H groups in total. The number of rotatable bonds is 2. The quantitative estimate of drug-likeness (QED) is 0.763. The summed E-state index contributed by atoms with van der Waals surface area (Å²) in [6.07, 6.45) is 1.50. The van der Waals surface area contributed by atoms with Crippen molar-refractivity contribution in [3.8, 4) is 5.75 Å². The van der Waals surface area contributed by atoms with Crippen molar-refractivity contribution >= 4 is 20.9 Å². The van der Waals surface area contributed by atoms with Crippen LogP contribution in [0.4, 0.5) is 4.39 Å². The number of benzene rings is 2. The average Bonchev–Trinajstić information content (AvgIpc) is 2.89. The van der Waals surface area contributed by atoms with Gasteiger partial charge in [-0.15, -0.1) is 0 Å². The van der Waals surface area contributed by atoms with Gasteiger partial charge in [0.2, 0.25) is 0 Å². The fraction of sp³-hybridized carbons (Fsp3) is 0.222. The molecule has 0 aliphatic carbocycles. The molecule has 0 bridgehead atoms. The van der Waals surface area contributed by atoms with Crippen LogP contribution >= 0.6 is 0 Å². The zero-order valence-electron chi connectivity index (χ0n) is 13.6. The summed E-state index contributed by atoms with van der Waals surface area (Å²) in [5.74, 6) is 0.220. The second-order valence-corrected chi connectivity index (χ2v) is 7.84. The van der Waals surface area contributed by atoms with E-state index in [9.17, 15) is 12.8 Å². The third kappa shape index (κ3) is 2.60. The van der Waals surface area contributed by atoms with E-state index in [2.05, 4.69) is 5.32 Å². The fourth-order valence-electron chi connectivity index (χ4n) is 3.05. The van der Waals surface area contributed by atoms with Crippen molar-refractivity contribution in [3.63, 3.8) is 0 Å². The third-order valence-corrected chi connectivity index (χ3v) is 6.13. The highest BCUT2D eigenvalue weighted by Gasteiger charge is 2.22. The standard InChI is InChI=1S/C18H17FN2O3S/c1-12-2-3-13(10-16(12)19)25(22,23)21-8-6-14-15-11-20-7-9-24-18(15)5-4-17(14)21/h2-6,8,10,20H,7,9,11H2,1H3. The van der Waals surface area contributed by atoms with E-state index in [4.69, 9.17) is 4.74 Å². The van der Waals surface area contributed by atoms with Gasteiger partial charge in [0.15, 0.2) is 0 Å². The van der Waals surface area contributed by atoms with E-state index in [1.54, 1.807) is 25.1 Å². The van der Waals surface area contributed by atoms with Gasteiger partial charge >= 0.3 is 0 Å². The Labute approximate surface area is 145 Å². The first-order chi connectivity index (χ1) is 12.0. The predicted octanol–water partition coefficient (Wildman–Crippen LogP) is 2.81. The highest BCUT2D eigenvalue weighted by atomic mass is 32.2. The maximum Gasteiger partial charge on any atom is 0.268 e. The Bertz CT molecular complexity index is 1070. The topological polar surface area (TPSA) is 60.3 Å². The Hall–Kier alpha value is -2.38. The van der Waals surface area contributed by atoms with Gasteiger partial charge in [-0.3, -0.25) is 0 Å². The molecule has 130 valence electrons. The van der Waals surface area contributed by atoms with E-state index >= 15 is 0 Å². The van der Waals surface area contributed by atoms with Gasteiger partial charge in [-0.1, -0.05) is 6.07 Å². The highest BCUT2D eigenvalue weighted by Crippen LogP contribution is 2.32. The molecule has 0 atom stereocenters. The zero-order chi connectivity index (χ0) is 17.6. The maximum atomic E-state index is 13.8. The molecular formula is C18H17FN2O3S. The molecule has 0 amide bonds. The molecule has 2 aromatic carbocycles. The Morgan fingerprint density at radius 1 is 1.20 bits per heavy atom. The molecule has 0 spiro atoms. The summed E-state index contributed by atoms with van der Waals surface area (Å²) in [6, 6.07) is 9.22. The van der Waals surface area contributed by atoms with Crippen LogP contribution in [0.2, 0.25) is 0 Å². The molecule has 5 nitrogen and oxygen atoms in total. The van der Waals surface area contributed by atoms with E-state index in [-0.39, 0.29) is 4.90 Å². The summed E-state index contributed by atoms with van der Waals surface area (Å²) in [6.45, 7) is 3.51. The number of halogens is 1. The molecule has 0 radical (unpaired) electrons. The highest BCUT2D eigenvalue weighted by molar-refractivity contribution is 7.90. The van der Waals surface area contributed by atoms with Crippen molar-refractivity contribution < 1.29 is 17.5 Å². The molecule has 0 unspecified atom stereocenters. The fourth-order valence-corrected chi connectivity index (χ4v) is 4.41. The van der Waals surface area contributed by atoms with Crippen molar-refractivity contribution in [2.24, 2.45) is 0 Å². The smallest absolute Gasteiger partial charge is 0.268 e. The number of hydrogen-bond donors (Lipinski definition) is 1. The Kier molecular flexibility index (Phi) is 3.77. The van der Waals surface area contributed by atoms with Crippen molar-refractivity contribution in [2.45, 2.75) is 18.4 Å². The van der Waals surface area contributed by atoms with Crippen LogP contribution in [0.25, 0.3) is 10.9 Å². The molecule has 25 heavy (non-hydrogen) atoms. The molecule has 0 saturated carbocycles. The Morgan fingerprint density at radius 3 is 2.84 bits per heavy atom. The molecule has 4 rings (SSSR count). The Balaban J connectivity index is 1.89. The molecule has 1 aliphatic rings. The summed E-state index contributed by atoms with van der Waals surface area (Å²) in [7, 11) is -3.88. The molecule has 0 saturated heterocycles. The zero-order valence-corrected chi connectivity index (χ0v) is 14.4. The van der Waals surface area contributed by atoms with E-state index in [1.165, 1.54) is 22.3 Å². The second-order valence-electron chi connectivity index (χ2n) is 6.03. The first-order valence-electron chi connectivity index (χ1n) is 7.97. The monoisotopic (exact) mass is 360 g/mol. The van der Waals surface area contributed by atoms with Gasteiger partial charge in [-0.25, -0.2) is 16.8 Å². The van der Waals surface area contributed by atoms with Crippen LogP contribution in [0, 0.1) is 12.7 Å². The van der Waals surface area contributed by atoms with Crippen molar-refractivity contribution in [1.29, 1.82) is 0 Å². The van der Waals surface area contributed by atoms with Crippen LogP contribution < -0.4 is 10.1 Å².